The van der Waals surface area contributed by atoms with Crippen molar-refractivity contribution < 1.29 is 19.6 Å². The average Bonchev–Trinajstić information content (AvgIpc) is 2.36. The minimum atomic E-state index is -0.553. The van der Waals surface area contributed by atoms with Crippen LogP contribution in [0, 0.1) is 10.1 Å². The molecule has 7 heteroatoms. The molecule has 18 heavy (non-hydrogen) atoms. The lowest BCUT2D eigenvalue weighted by molar-refractivity contribution is -0.384. The van der Waals surface area contributed by atoms with Crippen molar-refractivity contribution in [2.45, 2.75) is 6.61 Å². The highest BCUT2D eigenvalue weighted by atomic mass is 16.6. The first kappa shape index (κ1) is 13.9. The van der Waals surface area contributed by atoms with E-state index in [0.29, 0.717) is 5.56 Å². The summed E-state index contributed by atoms with van der Waals surface area (Å²) in [4.78, 5) is 22.5. The monoisotopic (exact) mass is 254 g/mol. The van der Waals surface area contributed by atoms with Crippen LogP contribution in [0.3, 0.4) is 0 Å². The van der Waals surface area contributed by atoms with Gasteiger partial charge in [-0.05, 0) is 17.7 Å². The van der Waals surface area contributed by atoms with Gasteiger partial charge in [-0.2, -0.15) is 0 Å². The molecular weight excluding hydrogens is 240 g/mol. The first-order chi connectivity index (χ1) is 8.54. The summed E-state index contributed by atoms with van der Waals surface area (Å²) < 4.78 is 4.95. The van der Waals surface area contributed by atoms with Gasteiger partial charge in [-0.1, -0.05) is 0 Å². The molecule has 0 bridgehead atoms. The smallest absolute Gasteiger partial charge is 0.409 e. The second-order valence-electron chi connectivity index (χ2n) is 3.62. The number of benzene rings is 1. The third kappa shape index (κ3) is 4.02. The predicted molar refractivity (Wildman–Crippen MR) is 63.0 cm³/mol. The van der Waals surface area contributed by atoms with Crippen molar-refractivity contribution in [1.29, 1.82) is 0 Å². The number of nitrogens with zero attached hydrogens (tertiary/aromatic N) is 2. The Morgan fingerprint density at radius 1 is 1.44 bits per heavy atom. The molecule has 0 aliphatic heterocycles. The van der Waals surface area contributed by atoms with E-state index in [0.717, 1.165) is 0 Å². The number of aliphatic hydroxyl groups is 1. The Morgan fingerprint density at radius 3 is 2.56 bits per heavy atom. The number of carbonyl (C=O) groups is 1. The molecule has 98 valence electrons. The molecule has 0 saturated carbocycles. The zero-order valence-corrected chi connectivity index (χ0v) is 9.91. The Kier molecular flexibility index (Phi) is 5.06. The molecule has 1 N–H and O–H groups in total. The molecule has 0 saturated heterocycles. The Labute approximate surface area is 104 Å². The molecule has 1 rings (SSSR count). The Balaban J connectivity index is 2.48. The van der Waals surface area contributed by atoms with Gasteiger partial charge in [0.1, 0.15) is 6.61 Å². The van der Waals surface area contributed by atoms with Gasteiger partial charge in [-0.15, -0.1) is 0 Å². The zero-order chi connectivity index (χ0) is 13.5. The third-order valence-corrected chi connectivity index (χ3v) is 2.26. The lowest BCUT2D eigenvalue weighted by Gasteiger charge is -2.15. The molecule has 0 radical (unpaired) electrons. The highest BCUT2D eigenvalue weighted by Gasteiger charge is 2.10. The van der Waals surface area contributed by atoms with Gasteiger partial charge in [0.25, 0.3) is 5.69 Å². The van der Waals surface area contributed by atoms with Gasteiger partial charge in [0.2, 0.25) is 0 Å². The quantitative estimate of drug-likeness (QED) is 0.628. The Hall–Kier alpha value is -2.15. The van der Waals surface area contributed by atoms with Crippen molar-refractivity contribution in [3.8, 4) is 0 Å². The molecule has 0 aliphatic rings. The summed E-state index contributed by atoms with van der Waals surface area (Å²) in [5.74, 6) is 0. The molecule has 0 aromatic heterocycles. The van der Waals surface area contributed by atoms with Crippen molar-refractivity contribution >= 4 is 11.8 Å². The molecule has 0 unspecified atom stereocenters. The molecule has 0 atom stereocenters. The minimum Gasteiger partial charge on any atom is -0.445 e. The van der Waals surface area contributed by atoms with Crippen LogP contribution in [0.15, 0.2) is 24.3 Å². The highest BCUT2D eigenvalue weighted by molar-refractivity contribution is 5.67. The largest absolute Gasteiger partial charge is 0.445 e. The fourth-order valence-corrected chi connectivity index (χ4v) is 1.21. The van der Waals surface area contributed by atoms with Crippen molar-refractivity contribution in [2.75, 3.05) is 20.2 Å². The first-order valence-corrected chi connectivity index (χ1v) is 5.26. The van der Waals surface area contributed by atoms with Gasteiger partial charge in [-0.3, -0.25) is 10.1 Å². The van der Waals surface area contributed by atoms with Crippen molar-refractivity contribution in [1.82, 2.24) is 4.90 Å². The summed E-state index contributed by atoms with van der Waals surface area (Å²) >= 11 is 0. The molecular formula is C11H14N2O5. The minimum absolute atomic E-state index is 0.0116. The fraction of sp³-hybridized carbons (Fsp3) is 0.364. The van der Waals surface area contributed by atoms with E-state index >= 15 is 0 Å². The summed E-state index contributed by atoms with van der Waals surface area (Å²) in [5.41, 5.74) is 0.647. The number of hydrogen-bond acceptors (Lipinski definition) is 5. The maximum absolute atomic E-state index is 11.4. The summed E-state index contributed by atoms with van der Waals surface area (Å²) in [7, 11) is 1.51. The molecule has 1 aromatic carbocycles. The van der Waals surface area contributed by atoms with Crippen LogP contribution in [0.2, 0.25) is 0 Å². The first-order valence-electron chi connectivity index (χ1n) is 5.26. The number of nitro groups is 1. The lowest BCUT2D eigenvalue weighted by atomic mass is 10.2. The Morgan fingerprint density at radius 2 is 2.06 bits per heavy atom. The van der Waals surface area contributed by atoms with Crippen LogP contribution in [-0.4, -0.2) is 41.2 Å². The highest BCUT2D eigenvalue weighted by Crippen LogP contribution is 2.12. The summed E-state index contributed by atoms with van der Waals surface area (Å²) in [6.07, 6.45) is -0.553. The van der Waals surface area contributed by atoms with E-state index in [4.69, 9.17) is 9.84 Å². The predicted octanol–water partition coefficient (Wildman–Crippen LogP) is 1.16. The number of rotatable bonds is 5. The maximum atomic E-state index is 11.4. The molecule has 0 heterocycles. The standard InChI is InChI=1S/C11H14N2O5/c1-12(6-7-14)11(15)18-8-9-2-4-10(5-3-9)13(16)17/h2-5,14H,6-8H2,1H3. The number of likely N-dealkylation sites (N-methyl/N-ethyl adjacent to an activating group) is 1. The molecule has 0 fully saturated rings. The Bertz CT molecular complexity index is 418. The summed E-state index contributed by atoms with van der Waals surface area (Å²) in [6.45, 7) is 0.0921. The van der Waals surface area contributed by atoms with Crippen molar-refractivity contribution in [3.05, 3.63) is 39.9 Å². The summed E-state index contributed by atoms with van der Waals surface area (Å²) in [6, 6.07) is 5.75. The normalized spacial score (nSPS) is 9.89. The van der Waals surface area contributed by atoms with Crippen molar-refractivity contribution in [2.24, 2.45) is 0 Å². The van der Waals surface area contributed by atoms with E-state index in [9.17, 15) is 14.9 Å². The van der Waals surface area contributed by atoms with E-state index < -0.39 is 11.0 Å². The number of ether oxygens (including phenoxy) is 1. The topological polar surface area (TPSA) is 92.9 Å². The fourth-order valence-electron chi connectivity index (χ4n) is 1.21. The van der Waals surface area contributed by atoms with Crippen LogP contribution in [0.25, 0.3) is 0 Å². The number of carbonyl (C=O) groups excluding carboxylic acids is 1. The van der Waals surface area contributed by atoms with E-state index in [1.54, 1.807) is 0 Å². The lowest BCUT2D eigenvalue weighted by Crippen LogP contribution is -2.29. The molecule has 1 amide bonds. The van der Waals surface area contributed by atoms with Crippen LogP contribution in [-0.2, 0) is 11.3 Å². The summed E-state index contributed by atoms with van der Waals surface area (Å²) in [5, 5.41) is 19.1. The van der Waals surface area contributed by atoms with Crippen LogP contribution in [0.4, 0.5) is 10.5 Å². The second-order valence-corrected chi connectivity index (χ2v) is 3.62. The number of hydrogen-bond donors (Lipinski definition) is 1. The van der Waals surface area contributed by atoms with Gasteiger partial charge >= 0.3 is 6.09 Å². The molecule has 7 nitrogen and oxygen atoms in total. The van der Waals surface area contributed by atoms with E-state index in [2.05, 4.69) is 0 Å². The van der Waals surface area contributed by atoms with E-state index in [1.165, 1.54) is 36.2 Å². The van der Waals surface area contributed by atoms with E-state index in [-0.39, 0.29) is 25.4 Å². The van der Waals surface area contributed by atoms with Crippen LogP contribution >= 0.6 is 0 Å². The van der Waals surface area contributed by atoms with Crippen molar-refractivity contribution in [3.63, 3.8) is 0 Å². The number of non-ortho nitro benzene ring substituents is 1. The average molecular weight is 254 g/mol. The van der Waals surface area contributed by atoms with Crippen LogP contribution in [0.5, 0.6) is 0 Å². The van der Waals surface area contributed by atoms with Gasteiger partial charge < -0.3 is 14.7 Å². The number of amides is 1. The molecule has 0 spiro atoms. The second kappa shape index (κ2) is 6.55. The van der Waals surface area contributed by atoms with Crippen LogP contribution in [0.1, 0.15) is 5.56 Å². The molecule has 0 aliphatic carbocycles. The van der Waals surface area contributed by atoms with Gasteiger partial charge in [-0.25, -0.2) is 4.79 Å². The maximum Gasteiger partial charge on any atom is 0.409 e. The third-order valence-electron chi connectivity index (χ3n) is 2.26. The van der Waals surface area contributed by atoms with Gasteiger partial charge in [0.05, 0.1) is 11.5 Å². The van der Waals surface area contributed by atoms with Gasteiger partial charge in [0.15, 0.2) is 0 Å². The van der Waals surface area contributed by atoms with E-state index in [1.807, 2.05) is 0 Å². The zero-order valence-electron chi connectivity index (χ0n) is 9.91. The number of nitro benzene ring substituents is 1. The molecule has 1 aromatic rings. The van der Waals surface area contributed by atoms with Crippen LogP contribution < -0.4 is 0 Å². The SMILES string of the molecule is CN(CCO)C(=O)OCc1ccc([N+](=O)[O-])cc1. The van der Waals surface area contributed by atoms with Gasteiger partial charge in [0, 0.05) is 25.7 Å². The number of aliphatic hydroxyl groups excluding tert-OH is 1.